The van der Waals surface area contributed by atoms with Crippen LogP contribution >= 0.6 is 0 Å². The average molecular weight is 132 g/mol. The lowest BCUT2D eigenvalue weighted by atomic mass is 11.1. The SMILES string of the molecule is CO.FC(F)=C(F)F. The number of aliphatic hydroxyl groups excluding tert-OH is 1. The van der Waals surface area contributed by atoms with Crippen LogP contribution in [0.3, 0.4) is 0 Å². The highest BCUT2D eigenvalue weighted by Crippen LogP contribution is 2.08. The monoisotopic (exact) mass is 132 g/mol. The van der Waals surface area contributed by atoms with E-state index in [1.165, 1.54) is 0 Å². The molecule has 5 heteroatoms. The number of hydrogen-bond acceptors (Lipinski definition) is 1. The maximum atomic E-state index is 10.3. The molecule has 0 aliphatic carbocycles. The summed E-state index contributed by atoms with van der Waals surface area (Å²) in [7, 11) is 1.00. The molecule has 0 saturated heterocycles. The van der Waals surface area contributed by atoms with Gasteiger partial charge in [0, 0.05) is 7.11 Å². The van der Waals surface area contributed by atoms with Gasteiger partial charge < -0.3 is 5.11 Å². The van der Waals surface area contributed by atoms with E-state index in [9.17, 15) is 17.6 Å². The van der Waals surface area contributed by atoms with Gasteiger partial charge in [-0.1, -0.05) is 0 Å². The number of aliphatic hydroxyl groups is 1. The predicted octanol–water partition coefficient (Wildman–Crippen LogP) is 1.60. The van der Waals surface area contributed by atoms with Crippen molar-refractivity contribution in [3.8, 4) is 0 Å². The molecule has 50 valence electrons. The maximum Gasteiger partial charge on any atom is 0.334 e. The highest BCUT2D eigenvalue weighted by atomic mass is 19.3. The third kappa shape index (κ3) is 9.05. The molecule has 1 N–H and O–H groups in total. The van der Waals surface area contributed by atoms with Crippen LogP contribution in [0.15, 0.2) is 12.2 Å². The maximum absolute atomic E-state index is 10.3. The predicted molar refractivity (Wildman–Crippen MR) is 19.6 cm³/mol. The molecule has 0 aromatic heterocycles. The molecule has 0 rings (SSSR count). The van der Waals surface area contributed by atoms with Crippen molar-refractivity contribution in [1.82, 2.24) is 0 Å². The smallest absolute Gasteiger partial charge is 0.334 e. The molecule has 0 amide bonds. The number of halogens is 4. The highest BCUT2D eigenvalue weighted by molar-refractivity contribution is 4.77. The quantitative estimate of drug-likeness (QED) is 0.496. The Labute approximate surface area is 43.2 Å². The molecule has 0 heterocycles. The Morgan fingerprint density at radius 1 is 0.875 bits per heavy atom. The molecule has 0 aromatic carbocycles. The van der Waals surface area contributed by atoms with Crippen molar-refractivity contribution in [3.63, 3.8) is 0 Å². The molecule has 0 aliphatic heterocycles. The van der Waals surface area contributed by atoms with Gasteiger partial charge in [-0.3, -0.25) is 0 Å². The molecule has 0 saturated carbocycles. The van der Waals surface area contributed by atoms with E-state index in [-0.39, 0.29) is 0 Å². The van der Waals surface area contributed by atoms with Gasteiger partial charge in [0.15, 0.2) is 0 Å². The molecule has 8 heavy (non-hydrogen) atoms. The van der Waals surface area contributed by atoms with E-state index in [4.69, 9.17) is 5.11 Å². The van der Waals surface area contributed by atoms with Gasteiger partial charge in [-0.15, -0.1) is 0 Å². The fourth-order valence-electron chi connectivity index (χ4n) is 0. The van der Waals surface area contributed by atoms with Crippen molar-refractivity contribution < 1.29 is 22.7 Å². The van der Waals surface area contributed by atoms with Crippen LogP contribution in [0.4, 0.5) is 17.6 Å². The summed E-state index contributed by atoms with van der Waals surface area (Å²) >= 11 is 0. The lowest BCUT2D eigenvalue weighted by Gasteiger charge is -1.69. The van der Waals surface area contributed by atoms with Gasteiger partial charge in [0.1, 0.15) is 0 Å². The lowest BCUT2D eigenvalue weighted by molar-refractivity contribution is 0.308. The first-order valence-electron chi connectivity index (χ1n) is 1.45. The van der Waals surface area contributed by atoms with Crippen LogP contribution in [0.1, 0.15) is 0 Å². The Bertz CT molecular complexity index is 61.4. The molecule has 0 atom stereocenters. The molecule has 0 unspecified atom stereocenters. The second-order valence-corrected chi connectivity index (χ2v) is 0.521. The minimum atomic E-state index is -2.91. The summed E-state index contributed by atoms with van der Waals surface area (Å²) in [6.45, 7) is 0. The van der Waals surface area contributed by atoms with Gasteiger partial charge in [-0.05, 0) is 0 Å². The van der Waals surface area contributed by atoms with Crippen LogP contribution < -0.4 is 0 Å². The first kappa shape index (κ1) is 10.4. The molecular formula is C3H4F4O. The van der Waals surface area contributed by atoms with Crippen molar-refractivity contribution in [2.24, 2.45) is 0 Å². The first-order chi connectivity index (χ1) is 3.64. The van der Waals surface area contributed by atoms with Gasteiger partial charge in [0.2, 0.25) is 0 Å². The van der Waals surface area contributed by atoms with Crippen LogP contribution in [-0.2, 0) is 0 Å². The zero-order chi connectivity index (χ0) is 7.15. The zero-order valence-electron chi connectivity index (χ0n) is 3.96. The lowest BCUT2D eigenvalue weighted by Crippen LogP contribution is -1.56. The summed E-state index contributed by atoms with van der Waals surface area (Å²) in [6.07, 6.45) is -5.81. The van der Waals surface area contributed by atoms with Crippen LogP contribution in [0.5, 0.6) is 0 Å². The molecule has 0 bridgehead atoms. The summed E-state index contributed by atoms with van der Waals surface area (Å²) in [4.78, 5) is 0. The summed E-state index contributed by atoms with van der Waals surface area (Å²) < 4.78 is 41.1. The highest BCUT2D eigenvalue weighted by Gasteiger charge is 1.98. The van der Waals surface area contributed by atoms with E-state index < -0.39 is 12.2 Å². The molecular weight excluding hydrogens is 128 g/mol. The summed E-state index contributed by atoms with van der Waals surface area (Å²) in [5, 5.41) is 7.00. The largest absolute Gasteiger partial charge is 0.400 e. The van der Waals surface area contributed by atoms with Crippen molar-refractivity contribution in [2.45, 2.75) is 0 Å². The van der Waals surface area contributed by atoms with Gasteiger partial charge >= 0.3 is 12.2 Å². The van der Waals surface area contributed by atoms with Crippen molar-refractivity contribution in [2.75, 3.05) is 7.11 Å². The third-order valence-electron chi connectivity index (χ3n) is 0.143. The van der Waals surface area contributed by atoms with E-state index in [1.54, 1.807) is 0 Å². The Morgan fingerprint density at radius 2 is 1.00 bits per heavy atom. The Hall–Kier alpha value is -0.580. The standard InChI is InChI=1S/C2F4.CH4O/c3-1(4)2(5)6;1-2/h;2H,1H3. The third-order valence-corrected chi connectivity index (χ3v) is 0.143. The van der Waals surface area contributed by atoms with E-state index >= 15 is 0 Å². The van der Waals surface area contributed by atoms with E-state index in [0.29, 0.717) is 0 Å². The van der Waals surface area contributed by atoms with Crippen LogP contribution in [-0.4, -0.2) is 12.2 Å². The van der Waals surface area contributed by atoms with E-state index in [1.807, 2.05) is 0 Å². The topological polar surface area (TPSA) is 20.2 Å². The number of hydrogen-bond donors (Lipinski definition) is 1. The Morgan fingerprint density at radius 3 is 1.00 bits per heavy atom. The van der Waals surface area contributed by atoms with E-state index in [2.05, 4.69) is 0 Å². The van der Waals surface area contributed by atoms with Crippen LogP contribution in [0.2, 0.25) is 0 Å². The summed E-state index contributed by atoms with van der Waals surface area (Å²) in [6, 6.07) is 0. The summed E-state index contributed by atoms with van der Waals surface area (Å²) in [5.41, 5.74) is 0. The minimum absolute atomic E-state index is 1.00. The van der Waals surface area contributed by atoms with Crippen LogP contribution in [0, 0.1) is 0 Å². The van der Waals surface area contributed by atoms with Gasteiger partial charge in [-0.25, -0.2) is 0 Å². The second kappa shape index (κ2) is 6.42. The zero-order valence-corrected chi connectivity index (χ0v) is 3.96. The minimum Gasteiger partial charge on any atom is -0.400 e. The van der Waals surface area contributed by atoms with Crippen LogP contribution in [0.25, 0.3) is 0 Å². The molecule has 0 aliphatic rings. The van der Waals surface area contributed by atoms with Crippen molar-refractivity contribution >= 4 is 0 Å². The molecule has 0 aromatic rings. The first-order valence-corrected chi connectivity index (χ1v) is 1.45. The molecule has 0 radical (unpaired) electrons. The summed E-state index contributed by atoms with van der Waals surface area (Å²) in [5.74, 6) is 0. The van der Waals surface area contributed by atoms with Crippen molar-refractivity contribution in [3.05, 3.63) is 12.2 Å². The number of rotatable bonds is 0. The normalized spacial score (nSPS) is 6.75. The fourth-order valence-corrected chi connectivity index (χ4v) is 0. The molecule has 0 fully saturated rings. The second-order valence-electron chi connectivity index (χ2n) is 0.521. The van der Waals surface area contributed by atoms with Gasteiger partial charge in [-0.2, -0.15) is 17.6 Å². The van der Waals surface area contributed by atoms with Gasteiger partial charge in [0.25, 0.3) is 0 Å². The van der Waals surface area contributed by atoms with E-state index in [0.717, 1.165) is 7.11 Å². The van der Waals surface area contributed by atoms with Crippen molar-refractivity contribution in [1.29, 1.82) is 0 Å². The average Bonchev–Trinajstić information content (AvgIpc) is 1.72. The fraction of sp³-hybridized carbons (Fsp3) is 0.333. The Kier molecular flexibility index (Phi) is 8.35. The molecule has 1 nitrogen and oxygen atoms in total. The van der Waals surface area contributed by atoms with Gasteiger partial charge in [0.05, 0.1) is 0 Å². The Balaban J connectivity index is 0. The molecule has 0 spiro atoms.